The van der Waals surface area contributed by atoms with Gasteiger partial charge >= 0.3 is 11.7 Å². The monoisotopic (exact) mass is 281 g/mol. The van der Waals surface area contributed by atoms with E-state index in [1.165, 1.54) is 12.3 Å². The van der Waals surface area contributed by atoms with E-state index in [0.717, 1.165) is 0 Å². The molecule has 1 saturated heterocycles. The highest BCUT2D eigenvalue weighted by Crippen LogP contribution is 2.24. The zero-order chi connectivity index (χ0) is 14.7. The summed E-state index contributed by atoms with van der Waals surface area (Å²) in [6.45, 7) is 2.02. The molecule has 2 unspecified atom stereocenters. The second-order valence-corrected chi connectivity index (χ2v) is 4.68. The Morgan fingerprint density at radius 1 is 1.65 bits per heavy atom. The van der Waals surface area contributed by atoms with E-state index in [9.17, 15) is 14.9 Å². The van der Waals surface area contributed by atoms with Gasteiger partial charge in [-0.15, -0.1) is 0 Å². The molecule has 1 aromatic rings. The molecule has 0 bridgehead atoms. The van der Waals surface area contributed by atoms with Gasteiger partial charge in [0.2, 0.25) is 5.82 Å². The minimum absolute atomic E-state index is 0.0993. The summed E-state index contributed by atoms with van der Waals surface area (Å²) in [6.07, 6.45) is 1.51. The van der Waals surface area contributed by atoms with Crippen LogP contribution in [0.4, 0.5) is 11.5 Å². The minimum atomic E-state index is -0.980. The van der Waals surface area contributed by atoms with Gasteiger partial charge in [-0.1, -0.05) is 0 Å². The summed E-state index contributed by atoms with van der Waals surface area (Å²) in [5.74, 6) is -0.810. The number of aryl methyl sites for hydroxylation is 1. The number of nitrogens with one attached hydrogen (secondary N) is 1. The van der Waals surface area contributed by atoms with Gasteiger partial charge in [-0.25, -0.2) is 9.78 Å². The Balaban J connectivity index is 1.98. The highest BCUT2D eigenvalue weighted by atomic mass is 16.6. The molecule has 0 aromatic carbocycles. The fourth-order valence-electron chi connectivity index (χ4n) is 2.08. The number of hydrogen-bond donors (Lipinski definition) is 2. The number of aromatic nitrogens is 1. The van der Waals surface area contributed by atoms with E-state index < -0.39 is 17.0 Å². The van der Waals surface area contributed by atoms with Crippen LogP contribution in [0.2, 0.25) is 0 Å². The van der Waals surface area contributed by atoms with Gasteiger partial charge in [0.1, 0.15) is 0 Å². The normalized spacial score (nSPS) is 21.6. The van der Waals surface area contributed by atoms with E-state index in [1.807, 2.05) is 0 Å². The molecule has 108 valence electrons. The van der Waals surface area contributed by atoms with Crippen LogP contribution in [0.1, 0.15) is 18.4 Å². The van der Waals surface area contributed by atoms with Crippen molar-refractivity contribution in [3.8, 4) is 0 Å². The fourth-order valence-corrected chi connectivity index (χ4v) is 2.08. The van der Waals surface area contributed by atoms with Crippen LogP contribution in [0.3, 0.4) is 0 Å². The number of nitrogens with zero attached hydrogens (tertiary/aromatic N) is 2. The maximum Gasteiger partial charge on any atom is 0.332 e. The van der Waals surface area contributed by atoms with Crippen LogP contribution >= 0.6 is 0 Å². The lowest BCUT2D eigenvalue weighted by Gasteiger charge is -2.12. The lowest BCUT2D eigenvalue weighted by atomic mass is 10.2. The van der Waals surface area contributed by atoms with E-state index >= 15 is 0 Å². The zero-order valence-electron chi connectivity index (χ0n) is 10.9. The average Bonchev–Trinajstić information content (AvgIpc) is 2.86. The van der Waals surface area contributed by atoms with Crippen molar-refractivity contribution in [1.29, 1.82) is 0 Å². The number of hydrogen-bond acceptors (Lipinski definition) is 6. The first-order valence-electron chi connectivity index (χ1n) is 6.20. The Hall–Kier alpha value is -2.22. The molecule has 2 heterocycles. The molecule has 0 amide bonds. The van der Waals surface area contributed by atoms with Crippen LogP contribution in [0.15, 0.2) is 12.3 Å². The van der Waals surface area contributed by atoms with E-state index in [-0.39, 0.29) is 17.6 Å². The predicted octanol–water partition coefficient (Wildman–Crippen LogP) is 1.34. The van der Waals surface area contributed by atoms with Crippen LogP contribution in [-0.2, 0) is 9.53 Å². The van der Waals surface area contributed by atoms with E-state index in [2.05, 4.69) is 10.3 Å². The first kappa shape index (κ1) is 14.2. The predicted molar refractivity (Wildman–Crippen MR) is 69.6 cm³/mol. The van der Waals surface area contributed by atoms with Gasteiger partial charge in [0.05, 0.1) is 11.0 Å². The van der Waals surface area contributed by atoms with Crippen molar-refractivity contribution in [2.45, 2.75) is 32.0 Å². The number of nitro groups is 1. The van der Waals surface area contributed by atoms with E-state index in [4.69, 9.17) is 9.84 Å². The minimum Gasteiger partial charge on any atom is -0.479 e. The molecule has 1 aromatic heterocycles. The third kappa shape index (κ3) is 3.21. The molecule has 8 nitrogen and oxygen atoms in total. The highest BCUT2D eigenvalue weighted by Gasteiger charge is 2.30. The molecule has 1 aliphatic rings. The van der Waals surface area contributed by atoms with Gasteiger partial charge in [-0.2, -0.15) is 0 Å². The maximum atomic E-state index is 10.9. The van der Waals surface area contributed by atoms with Gasteiger partial charge in [0.25, 0.3) is 0 Å². The first-order chi connectivity index (χ1) is 9.47. The number of ether oxygens (including phenoxy) is 1. The summed E-state index contributed by atoms with van der Waals surface area (Å²) in [4.78, 5) is 25.2. The lowest BCUT2D eigenvalue weighted by molar-refractivity contribution is -0.384. The molecule has 2 rings (SSSR count). The molecular formula is C12H15N3O5. The summed E-state index contributed by atoms with van der Waals surface area (Å²) < 4.78 is 5.31. The molecular weight excluding hydrogens is 266 g/mol. The van der Waals surface area contributed by atoms with Crippen molar-refractivity contribution in [2.75, 3.05) is 11.9 Å². The smallest absolute Gasteiger partial charge is 0.332 e. The molecule has 0 radical (unpaired) electrons. The van der Waals surface area contributed by atoms with E-state index in [0.29, 0.717) is 24.9 Å². The van der Waals surface area contributed by atoms with Crippen molar-refractivity contribution < 1.29 is 19.6 Å². The Kier molecular flexibility index (Phi) is 4.14. The van der Waals surface area contributed by atoms with Crippen molar-refractivity contribution in [2.24, 2.45) is 0 Å². The Morgan fingerprint density at radius 2 is 2.40 bits per heavy atom. The van der Waals surface area contributed by atoms with Gasteiger partial charge < -0.3 is 15.2 Å². The zero-order valence-corrected chi connectivity index (χ0v) is 10.9. The molecule has 8 heteroatoms. The number of carboxylic acid groups (broad SMARTS) is 1. The first-order valence-corrected chi connectivity index (χ1v) is 6.20. The number of aliphatic carboxylic acids is 1. The summed E-state index contributed by atoms with van der Waals surface area (Å²) in [7, 11) is 0. The third-order valence-electron chi connectivity index (χ3n) is 3.08. The standard InChI is InChI=1S/C12H15N3O5/c1-7-4-9(15(18)19)11(13-5-7)14-6-8-2-3-10(20-8)12(16)17/h4-5,8,10H,2-3,6H2,1H3,(H,13,14)(H,16,17). The van der Waals surface area contributed by atoms with Gasteiger partial charge in [0, 0.05) is 18.8 Å². The number of rotatable bonds is 5. The summed E-state index contributed by atoms with van der Waals surface area (Å²) in [5.41, 5.74) is 0.600. The lowest BCUT2D eigenvalue weighted by Crippen LogP contribution is -2.25. The quantitative estimate of drug-likeness (QED) is 0.618. The summed E-state index contributed by atoms with van der Waals surface area (Å²) in [5, 5.41) is 22.6. The molecule has 0 saturated carbocycles. The topological polar surface area (TPSA) is 115 Å². The highest BCUT2D eigenvalue weighted by molar-refractivity contribution is 5.72. The SMILES string of the molecule is Cc1cnc(NCC2CCC(C(=O)O)O2)c([N+](=O)[O-])c1. The number of pyridine rings is 1. The second-order valence-electron chi connectivity index (χ2n) is 4.68. The molecule has 0 aliphatic carbocycles. The van der Waals surface area contributed by atoms with Gasteiger partial charge in [-0.3, -0.25) is 10.1 Å². The van der Waals surface area contributed by atoms with Gasteiger partial charge in [0.15, 0.2) is 6.10 Å². The molecule has 0 spiro atoms. The third-order valence-corrected chi connectivity index (χ3v) is 3.08. The maximum absolute atomic E-state index is 10.9. The molecule has 20 heavy (non-hydrogen) atoms. The molecule has 2 N–H and O–H groups in total. The van der Waals surface area contributed by atoms with Crippen LogP contribution < -0.4 is 5.32 Å². The summed E-state index contributed by atoms with van der Waals surface area (Å²) in [6, 6.07) is 1.44. The molecule has 1 aliphatic heterocycles. The van der Waals surface area contributed by atoms with Crippen molar-refractivity contribution in [1.82, 2.24) is 4.98 Å². The second kappa shape index (κ2) is 5.83. The van der Waals surface area contributed by atoms with E-state index in [1.54, 1.807) is 6.92 Å². The van der Waals surface area contributed by atoms with Crippen LogP contribution in [0.5, 0.6) is 0 Å². The van der Waals surface area contributed by atoms with Gasteiger partial charge in [-0.05, 0) is 25.3 Å². The molecule has 1 fully saturated rings. The van der Waals surface area contributed by atoms with Crippen molar-refractivity contribution >= 4 is 17.5 Å². The Labute approximate surface area is 114 Å². The molecule has 2 atom stereocenters. The number of anilines is 1. The fraction of sp³-hybridized carbons (Fsp3) is 0.500. The number of carbonyl (C=O) groups is 1. The van der Waals surface area contributed by atoms with Crippen LogP contribution in [0.25, 0.3) is 0 Å². The largest absolute Gasteiger partial charge is 0.479 e. The van der Waals surface area contributed by atoms with Crippen LogP contribution in [-0.4, -0.2) is 39.7 Å². The number of carboxylic acids is 1. The Bertz CT molecular complexity index is 534. The summed E-state index contributed by atoms with van der Waals surface area (Å²) >= 11 is 0. The van der Waals surface area contributed by atoms with Crippen LogP contribution in [0, 0.1) is 17.0 Å². The van der Waals surface area contributed by atoms with Crippen molar-refractivity contribution in [3.05, 3.63) is 27.9 Å². The average molecular weight is 281 g/mol. The Morgan fingerprint density at radius 3 is 3.00 bits per heavy atom. The van der Waals surface area contributed by atoms with Crippen molar-refractivity contribution in [3.63, 3.8) is 0 Å².